The number of hydrogen-bond acceptors (Lipinski definition) is 1. The summed E-state index contributed by atoms with van der Waals surface area (Å²) in [5, 5.41) is 0. The molecule has 0 saturated carbocycles. The summed E-state index contributed by atoms with van der Waals surface area (Å²) < 4.78 is 0. The summed E-state index contributed by atoms with van der Waals surface area (Å²) >= 11 is 0. The van der Waals surface area contributed by atoms with Gasteiger partial charge in [-0.05, 0) is 101 Å². The molecule has 1 heteroatoms. The van der Waals surface area contributed by atoms with Crippen LogP contribution in [-0.2, 0) is 10.8 Å². The van der Waals surface area contributed by atoms with E-state index in [-0.39, 0.29) is 0 Å². The Labute approximate surface area is 362 Å². The van der Waals surface area contributed by atoms with Gasteiger partial charge in [-0.15, -0.1) is 0 Å². The van der Waals surface area contributed by atoms with Gasteiger partial charge < -0.3 is 0 Å². The highest BCUT2D eigenvalue weighted by molar-refractivity contribution is 5.96. The lowest BCUT2D eigenvalue weighted by molar-refractivity contribution is 0.634. The van der Waals surface area contributed by atoms with Gasteiger partial charge in [0.2, 0.25) is 0 Å². The van der Waals surface area contributed by atoms with Crippen LogP contribution in [0.5, 0.6) is 0 Å². The van der Waals surface area contributed by atoms with E-state index >= 15 is 0 Å². The molecule has 0 radical (unpaired) electrons. The molecule has 2 spiro atoms. The smallest absolute Gasteiger partial charge is 0.0726 e. The third-order valence-corrected chi connectivity index (χ3v) is 14.0. The van der Waals surface area contributed by atoms with Crippen LogP contribution in [0.2, 0.25) is 0 Å². The molecule has 3 aliphatic rings. The fourth-order valence-corrected chi connectivity index (χ4v) is 11.6. The molecule has 1 aromatic heterocycles. The molecule has 1 heterocycles. The highest BCUT2D eigenvalue weighted by Gasteiger charge is 2.59. The summed E-state index contributed by atoms with van der Waals surface area (Å²) in [4.78, 5) is 5.70. The van der Waals surface area contributed by atoms with Gasteiger partial charge in [-0.2, -0.15) is 0 Å². The lowest BCUT2D eigenvalue weighted by Crippen LogP contribution is -2.44. The molecule has 0 atom stereocenters. The maximum absolute atomic E-state index is 5.70. The average Bonchev–Trinajstić information content (AvgIpc) is 3.82. The molecular weight excluding hydrogens is 747 g/mol. The fraction of sp³-hybridized carbons (Fsp3) is 0.0328. The van der Waals surface area contributed by atoms with Crippen LogP contribution in [0.4, 0.5) is 0 Å². The van der Waals surface area contributed by atoms with Crippen LogP contribution >= 0.6 is 0 Å². The van der Waals surface area contributed by atoms with Crippen molar-refractivity contribution < 1.29 is 0 Å². The lowest BCUT2D eigenvalue weighted by Gasteiger charge is -2.49. The maximum Gasteiger partial charge on any atom is 0.0726 e. The Kier molecular flexibility index (Phi) is 7.50. The zero-order valence-electron chi connectivity index (χ0n) is 34.0. The molecule has 0 fully saturated rings. The Balaban J connectivity index is 1.17. The van der Waals surface area contributed by atoms with E-state index in [4.69, 9.17) is 4.98 Å². The van der Waals surface area contributed by atoms with E-state index in [1.807, 2.05) is 0 Å². The van der Waals surface area contributed by atoms with Crippen LogP contribution in [0.1, 0.15) is 44.5 Å². The zero-order chi connectivity index (χ0) is 40.8. The quantitative estimate of drug-likeness (QED) is 0.173. The first kappa shape index (κ1) is 34.9. The fourth-order valence-electron chi connectivity index (χ4n) is 11.6. The molecular formula is C61H39N. The van der Waals surface area contributed by atoms with Crippen molar-refractivity contribution in [3.05, 3.63) is 281 Å². The van der Waals surface area contributed by atoms with E-state index in [0.29, 0.717) is 0 Å². The SMILES string of the molecule is c1ccc(-c2ccc(-c3cc(-c4ccccc4)nc(-c4cccc5c4C4(c6ccccc6-c6ccccc64)c4ccccc4C54c5ccccc5-c5ccccc54)c3)cc2)cc1. The van der Waals surface area contributed by atoms with Gasteiger partial charge in [0.15, 0.2) is 0 Å². The van der Waals surface area contributed by atoms with Crippen molar-refractivity contribution in [3.63, 3.8) is 0 Å². The number of benzene rings is 9. The molecule has 0 bridgehead atoms. The summed E-state index contributed by atoms with van der Waals surface area (Å²) in [5.74, 6) is 0. The molecule has 62 heavy (non-hydrogen) atoms. The molecule has 1 nitrogen and oxygen atoms in total. The molecule has 10 aromatic rings. The molecule has 9 aromatic carbocycles. The highest BCUT2D eigenvalue weighted by atomic mass is 14.7. The normalized spacial score (nSPS) is 14.1. The maximum atomic E-state index is 5.70. The molecule has 288 valence electrons. The third kappa shape index (κ3) is 4.65. The van der Waals surface area contributed by atoms with Crippen LogP contribution in [-0.4, -0.2) is 4.98 Å². The number of nitrogens with zero attached hydrogens (tertiary/aromatic N) is 1. The average molecular weight is 786 g/mol. The number of pyridine rings is 1. The summed E-state index contributed by atoms with van der Waals surface area (Å²) in [7, 11) is 0. The van der Waals surface area contributed by atoms with E-state index < -0.39 is 10.8 Å². The Morgan fingerprint density at radius 2 is 0.581 bits per heavy atom. The summed E-state index contributed by atoms with van der Waals surface area (Å²) in [6.45, 7) is 0. The molecule has 3 aliphatic carbocycles. The Bertz CT molecular complexity index is 3310. The van der Waals surface area contributed by atoms with Gasteiger partial charge >= 0.3 is 0 Å². The standard InChI is InChI=1S/C61H39N/c1-3-18-40(19-4-1)41-34-36-42(37-35-41)44-38-57(43-20-5-2-6-21-43)62-58(39-44)49-26-17-33-56-59(49)61(52-29-13-9-24-47(52)48-25-10-14-30-53(48)61)55-32-16-15-31-54(55)60(56)50-27-11-7-22-45(50)46-23-8-12-28-51(46)60/h1-39H. The van der Waals surface area contributed by atoms with Crippen LogP contribution in [0.25, 0.3) is 67.0 Å². The summed E-state index contributed by atoms with van der Waals surface area (Å²) in [6, 6.07) is 87.8. The summed E-state index contributed by atoms with van der Waals surface area (Å²) in [5.41, 5.74) is 23.3. The summed E-state index contributed by atoms with van der Waals surface area (Å²) in [6.07, 6.45) is 0. The Hall–Kier alpha value is -7.87. The number of aromatic nitrogens is 1. The van der Waals surface area contributed by atoms with E-state index in [2.05, 4.69) is 237 Å². The minimum atomic E-state index is -0.630. The van der Waals surface area contributed by atoms with Gasteiger partial charge in [-0.25, -0.2) is 4.98 Å². The lowest BCUT2D eigenvalue weighted by atomic mass is 9.51. The molecule has 0 saturated heterocycles. The molecule has 0 amide bonds. The van der Waals surface area contributed by atoms with Crippen molar-refractivity contribution in [1.82, 2.24) is 4.98 Å². The van der Waals surface area contributed by atoms with E-state index in [0.717, 1.165) is 33.6 Å². The van der Waals surface area contributed by atoms with Gasteiger partial charge in [0.25, 0.3) is 0 Å². The van der Waals surface area contributed by atoms with Crippen molar-refractivity contribution in [1.29, 1.82) is 0 Å². The number of hydrogen-bond donors (Lipinski definition) is 0. The van der Waals surface area contributed by atoms with Gasteiger partial charge in [0, 0.05) is 11.1 Å². The first-order valence-electron chi connectivity index (χ1n) is 21.6. The van der Waals surface area contributed by atoms with Crippen LogP contribution in [0.3, 0.4) is 0 Å². The van der Waals surface area contributed by atoms with Crippen molar-refractivity contribution >= 4 is 0 Å². The highest BCUT2D eigenvalue weighted by Crippen LogP contribution is 2.68. The number of rotatable bonds is 4. The van der Waals surface area contributed by atoms with Gasteiger partial charge in [0.1, 0.15) is 0 Å². The van der Waals surface area contributed by atoms with Crippen LogP contribution in [0.15, 0.2) is 237 Å². The predicted octanol–water partition coefficient (Wildman–Crippen LogP) is 14.8. The van der Waals surface area contributed by atoms with Gasteiger partial charge in [-0.3, -0.25) is 0 Å². The molecule has 0 unspecified atom stereocenters. The second kappa shape index (κ2) is 13.3. The molecule has 13 rings (SSSR count). The van der Waals surface area contributed by atoms with Crippen molar-refractivity contribution in [2.24, 2.45) is 0 Å². The van der Waals surface area contributed by atoms with E-state index in [1.54, 1.807) is 0 Å². The minimum Gasteiger partial charge on any atom is -0.248 e. The minimum absolute atomic E-state index is 0.569. The first-order valence-corrected chi connectivity index (χ1v) is 21.6. The second-order valence-electron chi connectivity index (χ2n) is 16.9. The van der Waals surface area contributed by atoms with Crippen molar-refractivity contribution in [2.45, 2.75) is 10.8 Å². The predicted molar refractivity (Wildman–Crippen MR) is 254 cm³/mol. The topological polar surface area (TPSA) is 12.9 Å². The zero-order valence-corrected chi connectivity index (χ0v) is 34.0. The molecule has 0 aliphatic heterocycles. The van der Waals surface area contributed by atoms with Gasteiger partial charge in [-0.1, -0.05) is 224 Å². The van der Waals surface area contributed by atoms with Crippen LogP contribution in [0, 0.1) is 0 Å². The van der Waals surface area contributed by atoms with Crippen molar-refractivity contribution in [3.8, 4) is 67.0 Å². The second-order valence-corrected chi connectivity index (χ2v) is 16.9. The van der Waals surface area contributed by atoms with Gasteiger partial charge in [0.05, 0.1) is 22.2 Å². The van der Waals surface area contributed by atoms with Crippen LogP contribution < -0.4 is 0 Å². The van der Waals surface area contributed by atoms with E-state index in [9.17, 15) is 0 Å². The van der Waals surface area contributed by atoms with E-state index in [1.165, 1.54) is 77.9 Å². The monoisotopic (exact) mass is 785 g/mol. The third-order valence-electron chi connectivity index (χ3n) is 14.0. The largest absolute Gasteiger partial charge is 0.248 e. The van der Waals surface area contributed by atoms with Crippen molar-refractivity contribution in [2.75, 3.05) is 0 Å². The Morgan fingerprint density at radius 3 is 1.11 bits per heavy atom. The molecule has 0 N–H and O–H groups in total. The Morgan fingerprint density at radius 1 is 0.226 bits per heavy atom. The number of fused-ring (bicyclic) bond motifs is 16. The first-order chi connectivity index (χ1) is 30.8.